The van der Waals surface area contributed by atoms with Crippen LogP contribution in [0.3, 0.4) is 0 Å². The van der Waals surface area contributed by atoms with Gasteiger partial charge in [-0.3, -0.25) is 0 Å². The Bertz CT molecular complexity index is 1080. The fourth-order valence-corrected chi connectivity index (χ4v) is 4.82. The van der Waals surface area contributed by atoms with Crippen molar-refractivity contribution in [3.8, 4) is 17.1 Å². The van der Waals surface area contributed by atoms with Crippen molar-refractivity contribution in [2.24, 2.45) is 0 Å². The number of halogens is 1. The molecule has 0 amide bonds. The number of aliphatic hydroxyl groups is 1. The van der Waals surface area contributed by atoms with Gasteiger partial charge in [-0.1, -0.05) is 48.0 Å². The van der Waals surface area contributed by atoms with Gasteiger partial charge in [0.05, 0.1) is 6.04 Å². The third-order valence-electron chi connectivity index (χ3n) is 6.17. The SMILES string of the molecule is OCCC1CCCN1c1nc(-c2ccccc2)nc2c1CC(COc1cccc(Cl)c1)N2. The highest BCUT2D eigenvalue weighted by Gasteiger charge is 2.33. The maximum atomic E-state index is 9.56. The van der Waals surface area contributed by atoms with Crippen LogP contribution in [-0.2, 0) is 6.42 Å². The van der Waals surface area contributed by atoms with Gasteiger partial charge in [0.2, 0.25) is 0 Å². The minimum Gasteiger partial charge on any atom is -0.491 e. The third kappa shape index (κ3) is 4.38. The molecule has 1 saturated heterocycles. The topological polar surface area (TPSA) is 70.5 Å². The zero-order valence-electron chi connectivity index (χ0n) is 17.9. The van der Waals surface area contributed by atoms with E-state index in [1.54, 1.807) is 0 Å². The van der Waals surface area contributed by atoms with E-state index in [2.05, 4.69) is 10.2 Å². The summed E-state index contributed by atoms with van der Waals surface area (Å²) in [4.78, 5) is 12.3. The van der Waals surface area contributed by atoms with Crippen LogP contribution in [-0.4, -0.2) is 46.9 Å². The zero-order chi connectivity index (χ0) is 21.9. The van der Waals surface area contributed by atoms with Gasteiger partial charge in [-0.25, -0.2) is 9.97 Å². The Labute approximate surface area is 193 Å². The summed E-state index contributed by atoms with van der Waals surface area (Å²) in [7, 11) is 0. The number of hydrogen-bond donors (Lipinski definition) is 2. The lowest BCUT2D eigenvalue weighted by atomic mass is 10.1. The largest absolute Gasteiger partial charge is 0.491 e. The molecule has 2 aliphatic rings. The van der Waals surface area contributed by atoms with Crippen molar-refractivity contribution in [2.75, 3.05) is 30.0 Å². The molecule has 7 heteroatoms. The van der Waals surface area contributed by atoms with Crippen molar-refractivity contribution < 1.29 is 9.84 Å². The number of nitrogens with one attached hydrogen (secondary N) is 1. The molecule has 0 saturated carbocycles. The summed E-state index contributed by atoms with van der Waals surface area (Å²) < 4.78 is 6.00. The van der Waals surface area contributed by atoms with Crippen LogP contribution in [0.1, 0.15) is 24.8 Å². The second-order valence-electron chi connectivity index (χ2n) is 8.38. The summed E-state index contributed by atoms with van der Waals surface area (Å²) in [5, 5.41) is 13.8. The average Bonchev–Trinajstić information content (AvgIpc) is 3.44. The summed E-state index contributed by atoms with van der Waals surface area (Å²) >= 11 is 6.08. The number of aliphatic hydroxyl groups excluding tert-OH is 1. The fraction of sp³-hybridized carbons (Fsp3) is 0.360. The lowest BCUT2D eigenvalue weighted by Gasteiger charge is -2.27. The van der Waals surface area contributed by atoms with Gasteiger partial charge >= 0.3 is 0 Å². The predicted molar refractivity (Wildman–Crippen MR) is 128 cm³/mol. The molecule has 1 fully saturated rings. The van der Waals surface area contributed by atoms with Crippen LogP contribution in [0, 0.1) is 0 Å². The molecule has 2 atom stereocenters. The van der Waals surface area contributed by atoms with Crippen LogP contribution >= 0.6 is 11.6 Å². The van der Waals surface area contributed by atoms with E-state index in [0.29, 0.717) is 17.7 Å². The van der Waals surface area contributed by atoms with E-state index in [1.165, 1.54) is 0 Å². The van der Waals surface area contributed by atoms with E-state index in [-0.39, 0.29) is 12.6 Å². The van der Waals surface area contributed by atoms with E-state index < -0.39 is 0 Å². The van der Waals surface area contributed by atoms with Crippen molar-refractivity contribution in [2.45, 2.75) is 37.8 Å². The third-order valence-corrected chi connectivity index (χ3v) is 6.40. The van der Waals surface area contributed by atoms with Crippen LogP contribution < -0.4 is 15.0 Å². The van der Waals surface area contributed by atoms with Gasteiger partial charge in [0.25, 0.3) is 0 Å². The van der Waals surface area contributed by atoms with Crippen molar-refractivity contribution in [1.29, 1.82) is 0 Å². The smallest absolute Gasteiger partial charge is 0.163 e. The van der Waals surface area contributed by atoms with E-state index in [1.807, 2.05) is 54.6 Å². The van der Waals surface area contributed by atoms with Crippen molar-refractivity contribution >= 4 is 23.2 Å². The highest BCUT2D eigenvalue weighted by Crippen LogP contribution is 2.37. The Balaban J connectivity index is 1.43. The number of nitrogens with zero attached hydrogens (tertiary/aromatic N) is 3. The predicted octanol–water partition coefficient (Wildman–Crippen LogP) is 4.56. The first kappa shape index (κ1) is 21.0. The van der Waals surface area contributed by atoms with Crippen molar-refractivity contribution in [3.63, 3.8) is 0 Å². The number of hydrogen-bond acceptors (Lipinski definition) is 6. The van der Waals surface area contributed by atoms with Crippen LogP contribution in [0.5, 0.6) is 5.75 Å². The molecule has 166 valence electrons. The standard InChI is InChI=1S/C25H27ClN4O2/c26-18-8-4-10-21(14-18)32-16-19-15-22-24(27-19)28-23(17-6-2-1-3-7-17)29-25(22)30-12-5-9-20(30)11-13-31/h1-4,6-8,10,14,19-20,31H,5,9,11-13,15-16H2,(H,27,28,29). The lowest BCUT2D eigenvalue weighted by Crippen LogP contribution is -2.32. The van der Waals surface area contributed by atoms with Gasteiger partial charge in [0, 0.05) is 41.8 Å². The Morgan fingerprint density at radius 2 is 2.00 bits per heavy atom. The summed E-state index contributed by atoms with van der Waals surface area (Å²) in [6, 6.07) is 18.0. The molecule has 2 unspecified atom stereocenters. The lowest BCUT2D eigenvalue weighted by molar-refractivity contribution is 0.275. The van der Waals surface area contributed by atoms with Crippen molar-refractivity contribution in [3.05, 3.63) is 65.2 Å². The van der Waals surface area contributed by atoms with Crippen LogP contribution in [0.2, 0.25) is 5.02 Å². The molecule has 0 bridgehead atoms. The molecule has 0 radical (unpaired) electrons. The van der Waals surface area contributed by atoms with Crippen LogP contribution in [0.4, 0.5) is 11.6 Å². The first-order valence-electron chi connectivity index (χ1n) is 11.2. The highest BCUT2D eigenvalue weighted by molar-refractivity contribution is 6.30. The second-order valence-corrected chi connectivity index (χ2v) is 8.82. The van der Waals surface area contributed by atoms with Crippen molar-refractivity contribution in [1.82, 2.24) is 9.97 Å². The monoisotopic (exact) mass is 450 g/mol. The number of benzene rings is 2. The molecule has 5 rings (SSSR count). The summed E-state index contributed by atoms with van der Waals surface area (Å²) in [6.07, 6.45) is 3.74. The van der Waals surface area contributed by atoms with E-state index in [9.17, 15) is 5.11 Å². The van der Waals surface area contributed by atoms with Gasteiger partial charge in [0.1, 0.15) is 24.0 Å². The molecule has 1 aromatic heterocycles. The summed E-state index contributed by atoms with van der Waals surface area (Å²) in [6.45, 7) is 1.65. The average molecular weight is 451 g/mol. The number of rotatable bonds is 7. The summed E-state index contributed by atoms with van der Waals surface area (Å²) in [5.74, 6) is 3.35. The quantitative estimate of drug-likeness (QED) is 0.549. The Morgan fingerprint density at radius 3 is 2.81 bits per heavy atom. The fourth-order valence-electron chi connectivity index (χ4n) is 4.64. The van der Waals surface area contributed by atoms with Gasteiger partial charge in [-0.15, -0.1) is 0 Å². The Hall–Kier alpha value is -2.83. The number of anilines is 2. The first-order valence-corrected chi connectivity index (χ1v) is 11.6. The molecule has 2 aromatic carbocycles. The number of fused-ring (bicyclic) bond motifs is 1. The Kier molecular flexibility index (Phi) is 6.14. The van der Waals surface area contributed by atoms with E-state index in [0.717, 1.165) is 66.6 Å². The molecule has 0 aliphatic carbocycles. The van der Waals surface area contributed by atoms with Gasteiger partial charge < -0.3 is 20.1 Å². The molecular weight excluding hydrogens is 424 g/mol. The maximum absolute atomic E-state index is 9.56. The highest BCUT2D eigenvalue weighted by atomic mass is 35.5. The first-order chi connectivity index (χ1) is 15.7. The molecule has 32 heavy (non-hydrogen) atoms. The molecule has 3 heterocycles. The van der Waals surface area contributed by atoms with Gasteiger partial charge in [0.15, 0.2) is 5.82 Å². The molecule has 2 N–H and O–H groups in total. The van der Waals surface area contributed by atoms with Gasteiger partial charge in [-0.2, -0.15) is 0 Å². The molecule has 2 aliphatic heterocycles. The van der Waals surface area contributed by atoms with Crippen LogP contribution in [0.25, 0.3) is 11.4 Å². The zero-order valence-corrected chi connectivity index (χ0v) is 18.6. The molecule has 3 aromatic rings. The van der Waals surface area contributed by atoms with Gasteiger partial charge in [-0.05, 0) is 37.5 Å². The molecule has 6 nitrogen and oxygen atoms in total. The Morgan fingerprint density at radius 1 is 1.12 bits per heavy atom. The second kappa shape index (κ2) is 9.35. The normalized spacial score (nSPS) is 19.6. The minimum atomic E-state index is 0.0990. The van der Waals surface area contributed by atoms with E-state index in [4.69, 9.17) is 26.3 Å². The van der Waals surface area contributed by atoms with E-state index >= 15 is 0 Å². The maximum Gasteiger partial charge on any atom is 0.163 e. The summed E-state index contributed by atoms with van der Waals surface area (Å²) in [5.41, 5.74) is 2.13. The van der Waals surface area contributed by atoms with Crippen LogP contribution in [0.15, 0.2) is 54.6 Å². The molecule has 0 spiro atoms. The molecular formula is C25H27ClN4O2. The number of ether oxygens (including phenoxy) is 1. The number of aromatic nitrogens is 2. The minimum absolute atomic E-state index is 0.0990.